The topological polar surface area (TPSA) is 106 Å². The Kier molecular flexibility index (Phi) is 4.76. The Morgan fingerprint density at radius 1 is 1.29 bits per heavy atom. The van der Waals surface area contributed by atoms with Crippen LogP contribution in [0.5, 0.6) is 0 Å². The van der Waals surface area contributed by atoms with Gasteiger partial charge in [0.05, 0.1) is 11.9 Å². The van der Waals surface area contributed by atoms with Crippen molar-refractivity contribution in [2.75, 3.05) is 24.5 Å². The van der Waals surface area contributed by atoms with Gasteiger partial charge in [-0.15, -0.1) is 0 Å². The van der Waals surface area contributed by atoms with Gasteiger partial charge in [-0.3, -0.25) is 9.89 Å². The van der Waals surface area contributed by atoms with Crippen LogP contribution in [0.15, 0.2) is 47.5 Å². The lowest BCUT2D eigenvalue weighted by Crippen LogP contribution is -2.32. The molecule has 4 heterocycles. The normalized spacial score (nSPS) is 23.8. The molecule has 0 spiro atoms. The second-order valence-electron chi connectivity index (χ2n) is 9.13. The third-order valence-corrected chi connectivity index (χ3v) is 7.96. The first-order chi connectivity index (χ1) is 16.5. The average Bonchev–Trinajstić information content (AvgIpc) is 3.32. The molecule has 2 aliphatic rings. The number of fused-ring (bicyclic) bond motifs is 2. The molecule has 0 radical (unpaired) electrons. The lowest BCUT2D eigenvalue weighted by molar-refractivity contribution is 0.533. The number of anilines is 1. The van der Waals surface area contributed by atoms with Crippen LogP contribution >= 0.6 is 11.6 Å². The molecule has 34 heavy (non-hydrogen) atoms. The highest BCUT2D eigenvalue weighted by atomic mass is 35.5. The predicted octanol–water partition coefficient (Wildman–Crippen LogP) is 2.86. The second-order valence-corrected chi connectivity index (χ2v) is 9.51. The number of benzene rings is 1. The molecule has 1 saturated carbocycles. The Balaban J connectivity index is 1.30. The number of H-pyrrole nitrogens is 1. The van der Waals surface area contributed by atoms with E-state index >= 15 is 0 Å². The van der Waals surface area contributed by atoms with Crippen LogP contribution in [0.1, 0.15) is 12.0 Å². The number of aromatic amines is 1. The Hall–Kier alpha value is -3.30. The van der Waals surface area contributed by atoms with Gasteiger partial charge >= 0.3 is 0 Å². The number of pyridine rings is 1. The van der Waals surface area contributed by atoms with Crippen LogP contribution < -0.4 is 16.2 Å². The van der Waals surface area contributed by atoms with E-state index in [0.717, 1.165) is 25.1 Å². The minimum atomic E-state index is -0.326. The molecule has 3 N–H and O–H groups in total. The molecule has 10 heteroatoms. The maximum absolute atomic E-state index is 14.6. The third-order valence-electron chi connectivity index (χ3n) is 7.59. The maximum Gasteiger partial charge on any atom is 0.269 e. The fraction of sp³-hybridized carbons (Fsp3) is 0.333. The summed E-state index contributed by atoms with van der Waals surface area (Å²) in [6, 6.07) is 8.72. The molecular formula is C24H23ClFN7O. The molecule has 0 bridgehead atoms. The van der Waals surface area contributed by atoms with Gasteiger partial charge in [-0.25, -0.2) is 14.4 Å². The molecule has 0 amide bonds. The number of aromatic nitrogens is 5. The van der Waals surface area contributed by atoms with E-state index in [-0.39, 0.29) is 27.7 Å². The smallest absolute Gasteiger partial charge is 0.269 e. The number of piperidine rings is 1. The molecule has 1 aliphatic heterocycles. The standard InChI is InChI=1S/C24H23ClFN7O/c1-32-8-6-13(19(25)23(32)34)20-21-22(31-30-20)29-18(10-28-21)33-9-7-14-16(11-33)24(14,12-27)15-4-2-3-5-17(15)26/h2-6,8,10,14,16H,7,9,11-12,27H2,1H3,(H,29,30,31)/t14-,16?,24-/m1/s1. The van der Waals surface area contributed by atoms with Crippen molar-refractivity contribution in [1.29, 1.82) is 0 Å². The molecule has 174 valence electrons. The Bertz CT molecular complexity index is 1480. The fourth-order valence-electron chi connectivity index (χ4n) is 5.75. The zero-order valence-electron chi connectivity index (χ0n) is 18.5. The van der Waals surface area contributed by atoms with Gasteiger partial charge < -0.3 is 15.2 Å². The summed E-state index contributed by atoms with van der Waals surface area (Å²) in [5.74, 6) is 1.15. The first-order valence-electron chi connectivity index (χ1n) is 11.2. The number of halogens is 2. The Morgan fingerprint density at radius 3 is 2.91 bits per heavy atom. The van der Waals surface area contributed by atoms with Gasteiger partial charge in [-0.1, -0.05) is 29.8 Å². The Morgan fingerprint density at radius 2 is 2.12 bits per heavy atom. The first kappa shape index (κ1) is 21.2. The lowest BCUT2D eigenvalue weighted by Gasteiger charge is -2.26. The van der Waals surface area contributed by atoms with Crippen molar-refractivity contribution < 1.29 is 4.39 Å². The van der Waals surface area contributed by atoms with Crippen molar-refractivity contribution in [2.24, 2.45) is 24.6 Å². The van der Waals surface area contributed by atoms with Crippen LogP contribution in [0.4, 0.5) is 10.2 Å². The van der Waals surface area contributed by atoms with E-state index in [0.29, 0.717) is 40.7 Å². The lowest BCUT2D eigenvalue weighted by atomic mass is 9.91. The molecule has 1 aromatic carbocycles. The monoisotopic (exact) mass is 479 g/mol. The summed E-state index contributed by atoms with van der Waals surface area (Å²) < 4.78 is 16.0. The number of rotatable bonds is 4. The van der Waals surface area contributed by atoms with Crippen LogP contribution in [0, 0.1) is 17.7 Å². The molecule has 1 aliphatic carbocycles. The fourth-order valence-corrected chi connectivity index (χ4v) is 6.04. The Labute approximate surface area is 199 Å². The summed E-state index contributed by atoms with van der Waals surface area (Å²) in [7, 11) is 1.64. The minimum absolute atomic E-state index is 0.100. The number of nitrogens with one attached hydrogen (secondary N) is 1. The highest BCUT2D eigenvalue weighted by molar-refractivity contribution is 6.33. The number of hydrogen-bond acceptors (Lipinski definition) is 6. The van der Waals surface area contributed by atoms with Gasteiger partial charge in [0.2, 0.25) is 5.65 Å². The summed E-state index contributed by atoms with van der Waals surface area (Å²) in [6.07, 6.45) is 4.27. The SMILES string of the molecule is Cn1ccc(-c2[nH]nc3nc(N4CC[C@@H]5C(C4)[C@@]5(CN)c4ccccc4F)cnc23)c(Cl)c1=O. The zero-order chi connectivity index (χ0) is 23.6. The summed E-state index contributed by atoms with van der Waals surface area (Å²) in [6.45, 7) is 1.94. The summed E-state index contributed by atoms with van der Waals surface area (Å²) >= 11 is 6.29. The molecule has 3 atom stereocenters. The van der Waals surface area contributed by atoms with E-state index < -0.39 is 0 Å². The number of nitrogens with zero attached hydrogens (tertiary/aromatic N) is 5. The number of aryl methyl sites for hydroxylation is 1. The van der Waals surface area contributed by atoms with Crippen LogP contribution in [-0.4, -0.2) is 44.4 Å². The van der Waals surface area contributed by atoms with Crippen molar-refractivity contribution >= 4 is 28.6 Å². The van der Waals surface area contributed by atoms with Gasteiger partial charge in [-0.2, -0.15) is 5.10 Å². The van der Waals surface area contributed by atoms with Crippen molar-refractivity contribution in [1.82, 2.24) is 24.7 Å². The minimum Gasteiger partial charge on any atom is -0.355 e. The molecule has 4 aromatic rings. The zero-order valence-corrected chi connectivity index (χ0v) is 19.3. The highest BCUT2D eigenvalue weighted by Crippen LogP contribution is 2.63. The van der Waals surface area contributed by atoms with E-state index in [1.807, 2.05) is 12.1 Å². The molecule has 1 saturated heterocycles. The van der Waals surface area contributed by atoms with E-state index in [9.17, 15) is 9.18 Å². The molecule has 8 nitrogen and oxygen atoms in total. The first-order valence-corrected chi connectivity index (χ1v) is 11.6. The predicted molar refractivity (Wildman–Crippen MR) is 128 cm³/mol. The van der Waals surface area contributed by atoms with Gasteiger partial charge in [0, 0.05) is 43.9 Å². The molecular weight excluding hydrogens is 457 g/mol. The van der Waals surface area contributed by atoms with E-state index in [2.05, 4.69) is 20.1 Å². The van der Waals surface area contributed by atoms with E-state index in [1.54, 1.807) is 31.6 Å². The second kappa shape index (κ2) is 7.61. The van der Waals surface area contributed by atoms with Crippen molar-refractivity contribution in [3.63, 3.8) is 0 Å². The van der Waals surface area contributed by atoms with Crippen LogP contribution in [0.2, 0.25) is 5.02 Å². The number of hydrogen-bond donors (Lipinski definition) is 2. The van der Waals surface area contributed by atoms with E-state index in [1.165, 1.54) is 10.6 Å². The van der Waals surface area contributed by atoms with Crippen molar-refractivity contribution in [3.05, 3.63) is 69.5 Å². The molecule has 6 rings (SSSR count). The number of nitrogens with two attached hydrogens (primary N) is 1. The van der Waals surface area contributed by atoms with Crippen molar-refractivity contribution in [3.8, 4) is 11.3 Å². The molecule has 1 unspecified atom stereocenters. The van der Waals surface area contributed by atoms with Gasteiger partial charge in [0.15, 0.2) is 0 Å². The summed E-state index contributed by atoms with van der Waals surface area (Å²) in [5, 5.41) is 7.35. The van der Waals surface area contributed by atoms with E-state index in [4.69, 9.17) is 22.3 Å². The quantitative estimate of drug-likeness (QED) is 0.466. The molecule has 3 aromatic heterocycles. The van der Waals surface area contributed by atoms with Crippen LogP contribution in [-0.2, 0) is 12.5 Å². The van der Waals surface area contributed by atoms with Crippen LogP contribution in [0.25, 0.3) is 22.4 Å². The summed E-state index contributed by atoms with van der Waals surface area (Å²) in [5.41, 5.74) is 8.39. The van der Waals surface area contributed by atoms with Gasteiger partial charge in [0.1, 0.15) is 22.2 Å². The highest BCUT2D eigenvalue weighted by Gasteiger charge is 2.66. The largest absolute Gasteiger partial charge is 0.355 e. The molecule has 2 fully saturated rings. The summed E-state index contributed by atoms with van der Waals surface area (Å²) in [4.78, 5) is 23.7. The maximum atomic E-state index is 14.6. The van der Waals surface area contributed by atoms with Gasteiger partial charge in [-0.05, 0) is 36.0 Å². The van der Waals surface area contributed by atoms with Crippen molar-refractivity contribution in [2.45, 2.75) is 11.8 Å². The van der Waals surface area contributed by atoms with Gasteiger partial charge in [0.25, 0.3) is 5.56 Å². The van der Waals surface area contributed by atoms with Crippen LogP contribution in [0.3, 0.4) is 0 Å². The average molecular weight is 480 g/mol. The third kappa shape index (κ3) is 2.93.